The van der Waals surface area contributed by atoms with Crippen molar-refractivity contribution in [2.24, 2.45) is 0 Å². The Morgan fingerprint density at radius 1 is 0.534 bits per heavy atom. The van der Waals surface area contributed by atoms with Crippen LogP contribution in [0.25, 0.3) is 0 Å². The lowest BCUT2D eigenvalue weighted by Gasteiger charge is -2.30. The Labute approximate surface area is 432 Å². The summed E-state index contributed by atoms with van der Waals surface area (Å²) in [7, 11) is 6.19. The molecule has 2 aliphatic rings. The van der Waals surface area contributed by atoms with Gasteiger partial charge in [-0.1, -0.05) is 93.8 Å². The molecular weight excluding hydrogens is 917 g/mol. The Balaban J connectivity index is 0.822. The maximum absolute atomic E-state index is 14.7. The van der Waals surface area contributed by atoms with E-state index in [1.165, 1.54) is 87.8 Å². The van der Waals surface area contributed by atoms with Crippen LogP contribution in [0.1, 0.15) is 116 Å². The highest BCUT2D eigenvalue weighted by Gasteiger charge is 2.33. The van der Waals surface area contributed by atoms with Gasteiger partial charge in [0.15, 0.2) is 11.6 Å². The molecule has 3 aromatic carbocycles. The summed E-state index contributed by atoms with van der Waals surface area (Å²) in [5, 5.41) is 9.41. The van der Waals surface area contributed by atoms with Crippen LogP contribution in [0.15, 0.2) is 109 Å². The van der Waals surface area contributed by atoms with Crippen molar-refractivity contribution in [1.82, 2.24) is 30.0 Å². The number of ether oxygens (including phenoxy) is 1. The summed E-state index contributed by atoms with van der Waals surface area (Å²) >= 11 is 0. The number of benzene rings is 3. The van der Waals surface area contributed by atoms with Gasteiger partial charge in [0, 0.05) is 31.0 Å². The SMILES string of the molecule is COc1ccccc1CNCCCCCCN(C)CCCCCCCCN(C)CCCCCCN(C(=O)CN1c2ccccc2C(=O)Nc2cccnc21)C(=O)CN1c2ccccc2C(=O)Nc2cccnc21. The largest absolute Gasteiger partial charge is 0.496 e. The lowest BCUT2D eigenvalue weighted by molar-refractivity contribution is -0.143. The first kappa shape index (κ1) is 54.1. The van der Waals surface area contributed by atoms with E-state index in [1.807, 2.05) is 24.3 Å². The summed E-state index contributed by atoms with van der Waals surface area (Å²) in [5.74, 6) is 0.291. The van der Waals surface area contributed by atoms with Crippen molar-refractivity contribution in [2.45, 2.75) is 96.4 Å². The van der Waals surface area contributed by atoms with E-state index in [1.54, 1.807) is 90.0 Å². The Morgan fingerprint density at radius 3 is 1.45 bits per heavy atom. The Bertz CT molecular complexity index is 2450. The van der Waals surface area contributed by atoms with Gasteiger partial charge in [-0.3, -0.25) is 24.1 Å². The van der Waals surface area contributed by atoms with Gasteiger partial charge in [-0.2, -0.15) is 0 Å². The average molecular weight is 993 g/mol. The van der Waals surface area contributed by atoms with Gasteiger partial charge in [-0.15, -0.1) is 0 Å². The Morgan fingerprint density at radius 2 is 0.959 bits per heavy atom. The van der Waals surface area contributed by atoms with E-state index in [0.29, 0.717) is 51.9 Å². The molecule has 15 heteroatoms. The molecule has 2 aromatic heterocycles. The molecule has 4 heterocycles. The van der Waals surface area contributed by atoms with Crippen molar-refractivity contribution in [1.29, 1.82) is 0 Å². The number of anilines is 6. The number of rotatable bonds is 30. The average Bonchev–Trinajstić information content (AvgIpc) is 3.60. The zero-order valence-corrected chi connectivity index (χ0v) is 43.3. The van der Waals surface area contributed by atoms with Gasteiger partial charge in [0.2, 0.25) is 11.8 Å². The number of methoxy groups -OCH3 is 1. The molecule has 73 heavy (non-hydrogen) atoms. The number of nitrogens with zero attached hydrogens (tertiary/aromatic N) is 7. The topological polar surface area (TPSA) is 156 Å². The molecule has 0 fully saturated rings. The van der Waals surface area contributed by atoms with Crippen LogP contribution in [-0.4, -0.2) is 122 Å². The van der Waals surface area contributed by atoms with Crippen molar-refractivity contribution in [3.8, 4) is 5.75 Å². The van der Waals surface area contributed by atoms with Crippen LogP contribution in [0, 0.1) is 0 Å². The minimum Gasteiger partial charge on any atom is -0.496 e. The van der Waals surface area contributed by atoms with Crippen LogP contribution in [0.3, 0.4) is 0 Å². The zero-order chi connectivity index (χ0) is 51.2. The van der Waals surface area contributed by atoms with Crippen LogP contribution in [0.2, 0.25) is 0 Å². The Kier molecular flexibility index (Phi) is 21.1. The second kappa shape index (κ2) is 28.5. The fraction of sp³-hybridized carbons (Fsp3) is 0.448. The number of carbonyl (C=O) groups excluding carboxylic acids is 4. The van der Waals surface area contributed by atoms with E-state index in [-0.39, 0.29) is 31.4 Å². The van der Waals surface area contributed by atoms with E-state index in [0.717, 1.165) is 51.2 Å². The lowest BCUT2D eigenvalue weighted by Crippen LogP contribution is -2.47. The van der Waals surface area contributed by atoms with Gasteiger partial charge in [0.05, 0.1) is 41.0 Å². The predicted octanol–water partition coefficient (Wildman–Crippen LogP) is 10.1. The van der Waals surface area contributed by atoms with Crippen LogP contribution < -0.4 is 30.5 Å². The highest BCUT2D eigenvalue weighted by atomic mass is 16.5. The third kappa shape index (κ3) is 15.7. The number of amides is 4. The van der Waals surface area contributed by atoms with Crippen molar-refractivity contribution < 1.29 is 23.9 Å². The standard InChI is InChI=1S/C58H76N10O5/c1-64(39-21-9-6-18-34-59-42-45-26-12-17-33-52(45)73-3)37-19-7-4-5-8-20-38-65(2)40-22-10-11-23-41-66(53(69)43-67-50-31-15-13-27-46(50)57(71)62-48-29-24-35-60-55(48)67)54(70)44-68-51-32-16-14-28-47(51)58(72)63-49-30-25-36-61-56(49)68/h12-17,24-33,35-36,59H,4-11,18-23,34,37-44H2,1-3H3,(H,62,71)(H,63,72). The first-order valence-electron chi connectivity index (χ1n) is 26.5. The molecular formula is C58H76N10O5. The summed E-state index contributed by atoms with van der Waals surface area (Å²) in [6.45, 7) is 6.06. The number of fused-ring (bicyclic) bond motifs is 4. The van der Waals surface area contributed by atoms with Gasteiger partial charge >= 0.3 is 0 Å². The van der Waals surface area contributed by atoms with Crippen molar-refractivity contribution in [3.63, 3.8) is 0 Å². The summed E-state index contributed by atoms with van der Waals surface area (Å²) in [6, 6.07) is 29.3. The molecule has 388 valence electrons. The molecule has 0 spiro atoms. The smallest absolute Gasteiger partial charge is 0.257 e. The molecule has 0 radical (unpaired) electrons. The van der Waals surface area contributed by atoms with Crippen molar-refractivity contribution >= 4 is 58.0 Å². The number of hydrogen-bond acceptors (Lipinski definition) is 12. The predicted molar refractivity (Wildman–Crippen MR) is 292 cm³/mol. The lowest BCUT2D eigenvalue weighted by atomic mass is 10.1. The van der Waals surface area contributed by atoms with Crippen molar-refractivity contribution in [3.05, 3.63) is 126 Å². The number of aromatic nitrogens is 2. The van der Waals surface area contributed by atoms with E-state index < -0.39 is 11.8 Å². The van der Waals surface area contributed by atoms with Crippen LogP contribution in [-0.2, 0) is 16.1 Å². The quantitative estimate of drug-likeness (QED) is 0.0375. The zero-order valence-electron chi connectivity index (χ0n) is 43.3. The molecule has 0 unspecified atom stereocenters. The number of unbranched alkanes of at least 4 members (excludes halogenated alkanes) is 11. The number of pyridine rings is 2. The van der Waals surface area contributed by atoms with Gasteiger partial charge in [0.25, 0.3) is 11.8 Å². The van der Waals surface area contributed by atoms with E-state index in [9.17, 15) is 19.2 Å². The summed E-state index contributed by atoms with van der Waals surface area (Å²) in [5.41, 5.74) is 3.97. The van der Waals surface area contributed by atoms with E-state index >= 15 is 0 Å². The molecule has 4 amide bonds. The number of carbonyl (C=O) groups is 4. The second-order valence-electron chi connectivity index (χ2n) is 19.3. The minimum atomic E-state index is -0.431. The van der Waals surface area contributed by atoms with Crippen LogP contribution >= 0.6 is 0 Å². The fourth-order valence-corrected chi connectivity index (χ4v) is 9.74. The number of para-hydroxylation sites is 3. The molecule has 0 bridgehead atoms. The maximum Gasteiger partial charge on any atom is 0.257 e. The van der Waals surface area contributed by atoms with E-state index in [2.05, 4.69) is 61.9 Å². The van der Waals surface area contributed by atoms with Crippen molar-refractivity contribution in [2.75, 3.05) is 94.0 Å². The summed E-state index contributed by atoms with van der Waals surface area (Å²) < 4.78 is 5.45. The van der Waals surface area contributed by atoms with Crippen LogP contribution in [0.4, 0.5) is 34.4 Å². The summed E-state index contributed by atoms with van der Waals surface area (Å²) in [4.78, 5) is 74.9. The highest BCUT2D eigenvalue weighted by molar-refractivity contribution is 6.14. The third-order valence-corrected chi connectivity index (χ3v) is 13.8. The van der Waals surface area contributed by atoms with Crippen LogP contribution in [0.5, 0.6) is 5.75 Å². The van der Waals surface area contributed by atoms with Gasteiger partial charge in [-0.05, 0) is 140 Å². The molecule has 0 saturated heterocycles. The summed E-state index contributed by atoms with van der Waals surface area (Å²) in [6.07, 6.45) is 19.3. The first-order chi connectivity index (χ1) is 35.7. The number of nitrogens with one attached hydrogen (secondary N) is 3. The number of hydrogen-bond donors (Lipinski definition) is 3. The third-order valence-electron chi connectivity index (χ3n) is 13.8. The van der Waals surface area contributed by atoms with E-state index in [4.69, 9.17) is 4.74 Å². The molecule has 5 aromatic rings. The highest BCUT2D eigenvalue weighted by Crippen LogP contribution is 2.38. The number of imide groups is 1. The molecule has 0 atom stereocenters. The normalized spacial score (nSPS) is 12.8. The molecule has 3 N–H and O–H groups in total. The maximum atomic E-state index is 14.7. The first-order valence-corrected chi connectivity index (χ1v) is 26.5. The monoisotopic (exact) mass is 993 g/mol. The second-order valence-corrected chi connectivity index (χ2v) is 19.3. The van der Waals surface area contributed by atoms with Gasteiger partial charge in [0.1, 0.15) is 18.8 Å². The molecule has 0 aliphatic carbocycles. The molecule has 15 nitrogen and oxygen atoms in total. The fourth-order valence-electron chi connectivity index (χ4n) is 9.74. The molecule has 7 rings (SSSR count). The van der Waals surface area contributed by atoms with Gasteiger partial charge < -0.3 is 40.3 Å². The minimum absolute atomic E-state index is 0.207. The molecule has 2 aliphatic heterocycles. The Hall–Kier alpha value is -6.68. The van der Waals surface area contributed by atoms with Gasteiger partial charge in [-0.25, -0.2) is 9.97 Å². The molecule has 0 saturated carbocycles.